The van der Waals surface area contributed by atoms with Gasteiger partial charge in [0, 0.05) is 33.0 Å². The molecule has 0 saturated carbocycles. The maximum Gasteiger partial charge on any atom is 0.163 e. The van der Waals surface area contributed by atoms with E-state index in [-0.39, 0.29) is 24.3 Å². The lowest BCUT2D eigenvalue weighted by Crippen LogP contribution is -2.18. The van der Waals surface area contributed by atoms with Gasteiger partial charge in [-0.25, -0.2) is 0 Å². The molecule has 4 nitrogen and oxygen atoms in total. The van der Waals surface area contributed by atoms with Gasteiger partial charge in [-0.1, -0.05) is 6.58 Å². The Morgan fingerprint density at radius 2 is 2.21 bits per heavy atom. The molecule has 3 unspecified atom stereocenters. The summed E-state index contributed by atoms with van der Waals surface area (Å²) in [5, 5.41) is 8.99. The van der Waals surface area contributed by atoms with Crippen LogP contribution in [0.2, 0.25) is 0 Å². The number of hydrogen-bond donors (Lipinski definition) is 1. The van der Waals surface area contributed by atoms with Crippen LogP contribution < -0.4 is 0 Å². The van der Waals surface area contributed by atoms with Gasteiger partial charge in [-0.2, -0.15) is 0 Å². The van der Waals surface area contributed by atoms with E-state index in [1.807, 2.05) is 0 Å². The van der Waals surface area contributed by atoms with Crippen molar-refractivity contribution < 1.29 is 19.3 Å². The van der Waals surface area contributed by atoms with Crippen LogP contribution in [-0.2, 0) is 14.2 Å². The minimum absolute atomic E-state index is 0.183. The van der Waals surface area contributed by atoms with Gasteiger partial charge in [-0.05, 0) is 6.42 Å². The van der Waals surface area contributed by atoms with Gasteiger partial charge in [0.05, 0.1) is 5.76 Å². The average molecular weight is 202 g/mol. The van der Waals surface area contributed by atoms with Crippen LogP contribution in [0, 0.1) is 5.92 Å². The Labute approximate surface area is 84.5 Å². The highest BCUT2D eigenvalue weighted by Gasteiger charge is 2.34. The summed E-state index contributed by atoms with van der Waals surface area (Å²) >= 11 is 0. The van der Waals surface area contributed by atoms with E-state index < -0.39 is 0 Å². The van der Waals surface area contributed by atoms with E-state index in [1.54, 1.807) is 14.2 Å². The third kappa shape index (κ3) is 2.97. The molecule has 1 saturated heterocycles. The predicted molar refractivity (Wildman–Crippen MR) is 51.8 cm³/mol. The standard InChI is InChI=1S/C10H18O4/c1-7(11)4-5-8-6-9(12-2)14-10(8)13-3/h8-11H,1,4-6H2,2-3H3. The number of aliphatic hydroxyl groups is 1. The van der Waals surface area contributed by atoms with Crippen molar-refractivity contribution in [3.05, 3.63) is 12.3 Å². The van der Waals surface area contributed by atoms with Gasteiger partial charge in [0.2, 0.25) is 0 Å². The van der Waals surface area contributed by atoms with Crippen LogP contribution in [0.15, 0.2) is 12.3 Å². The van der Waals surface area contributed by atoms with Crippen molar-refractivity contribution in [3.63, 3.8) is 0 Å². The number of allylic oxidation sites excluding steroid dienone is 1. The molecule has 1 fully saturated rings. The zero-order chi connectivity index (χ0) is 10.6. The van der Waals surface area contributed by atoms with Gasteiger partial charge in [0.15, 0.2) is 12.6 Å². The number of rotatable bonds is 5. The van der Waals surface area contributed by atoms with E-state index in [1.165, 1.54) is 0 Å². The second-order valence-electron chi connectivity index (χ2n) is 3.51. The summed E-state index contributed by atoms with van der Waals surface area (Å²) in [5.41, 5.74) is 0. The lowest BCUT2D eigenvalue weighted by atomic mass is 10.0. The van der Waals surface area contributed by atoms with Crippen molar-refractivity contribution >= 4 is 0 Å². The van der Waals surface area contributed by atoms with Crippen LogP contribution >= 0.6 is 0 Å². The minimum Gasteiger partial charge on any atom is -0.513 e. The smallest absolute Gasteiger partial charge is 0.163 e. The molecule has 1 N–H and O–H groups in total. The zero-order valence-electron chi connectivity index (χ0n) is 8.73. The average Bonchev–Trinajstić information content (AvgIpc) is 2.57. The third-order valence-corrected chi connectivity index (χ3v) is 2.46. The van der Waals surface area contributed by atoms with Crippen LogP contribution in [0.1, 0.15) is 19.3 Å². The Morgan fingerprint density at radius 3 is 2.71 bits per heavy atom. The molecule has 1 aliphatic rings. The number of ether oxygens (including phenoxy) is 3. The monoisotopic (exact) mass is 202 g/mol. The van der Waals surface area contributed by atoms with Gasteiger partial charge < -0.3 is 19.3 Å². The highest BCUT2D eigenvalue weighted by Crippen LogP contribution is 2.31. The van der Waals surface area contributed by atoms with E-state index >= 15 is 0 Å². The minimum atomic E-state index is -0.223. The summed E-state index contributed by atoms with van der Waals surface area (Å²) in [5.74, 6) is 0.481. The largest absolute Gasteiger partial charge is 0.513 e. The number of aliphatic hydroxyl groups excluding tert-OH is 1. The maximum atomic E-state index is 8.99. The number of hydrogen-bond acceptors (Lipinski definition) is 4. The summed E-state index contributed by atoms with van der Waals surface area (Å²) in [7, 11) is 3.23. The lowest BCUT2D eigenvalue weighted by molar-refractivity contribution is -0.193. The molecule has 4 heteroatoms. The summed E-state index contributed by atoms with van der Waals surface area (Å²) in [6.45, 7) is 3.45. The fourth-order valence-corrected chi connectivity index (χ4v) is 1.68. The molecule has 0 aromatic rings. The highest BCUT2D eigenvalue weighted by atomic mass is 16.8. The zero-order valence-corrected chi connectivity index (χ0v) is 8.73. The van der Waals surface area contributed by atoms with E-state index in [9.17, 15) is 0 Å². The normalized spacial score (nSPS) is 32.0. The Morgan fingerprint density at radius 1 is 1.50 bits per heavy atom. The first-order valence-corrected chi connectivity index (χ1v) is 4.75. The van der Waals surface area contributed by atoms with Crippen molar-refractivity contribution in [1.82, 2.24) is 0 Å². The molecule has 0 bridgehead atoms. The fraction of sp³-hybridized carbons (Fsp3) is 0.800. The van der Waals surface area contributed by atoms with Crippen molar-refractivity contribution in [2.75, 3.05) is 14.2 Å². The van der Waals surface area contributed by atoms with Gasteiger partial charge in [-0.15, -0.1) is 0 Å². The van der Waals surface area contributed by atoms with Crippen molar-refractivity contribution in [2.24, 2.45) is 5.92 Å². The molecule has 0 spiro atoms. The Bertz CT molecular complexity index is 193. The van der Waals surface area contributed by atoms with Crippen molar-refractivity contribution in [3.8, 4) is 0 Å². The Hall–Kier alpha value is -0.580. The highest BCUT2D eigenvalue weighted by molar-refractivity contribution is 4.82. The molecular formula is C10H18O4. The van der Waals surface area contributed by atoms with Crippen LogP contribution in [0.25, 0.3) is 0 Å². The molecule has 14 heavy (non-hydrogen) atoms. The molecule has 0 amide bonds. The second kappa shape index (κ2) is 5.34. The molecule has 0 aromatic carbocycles. The van der Waals surface area contributed by atoms with E-state index in [0.29, 0.717) is 6.42 Å². The Kier molecular flexibility index (Phi) is 4.38. The Balaban J connectivity index is 2.38. The second-order valence-corrected chi connectivity index (χ2v) is 3.51. The molecule has 82 valence electrons. The van der Waals surface area contributed by atoms with Crippen molar-refractivity contribution in [1.29, 1.82) is 0 Å². The van der Waals surface area contributed by atoms with Crippen LogP contribution in [-0.4, -0.2) is 31.9 Å². The first-order chi connectivity index (χ1) is 6.67. The molecular weight excluding hydrogens is 184 g/mol. The lowest BCUT2D eigenvalue weighted by Gasteiger charge is -2.15. The fourth-order valence-electron chi connectivity index (χ4n) is 1.68. The first-order valence-electron chi connectivity index (χ1n) is 4.75. The molecule has 1 heterocycles. The predicted octanol–water partition coefficient (Wildman–Crippen LogP) is 1.82. The van der Waals surface area contributed by atoms with E-state index in [0.717, 1.165) is 12.8 Å². The maximum absolute atomic E-state index is 8.99. The molecule has 0 aliphatic carbocycles. The molecule has 3 atom stereocenters. The third-order valence-electron chi connectivity index (χ3n) is 2.46. The molecule has 0 aromatic heterocycles. The molecule has 1 rings (SSSR count). The number of methoxy groups -OCH3 is 2. The van der Waals surface area contributed by atoms with E-state index in [2.05, 4.69) is 6.58 Å². The summed E-state index contributed by atoms with van der Waals surface area (Å²) < 4.78 is 15.7. The molecule has 1 aliphatic heterocycles. The van der Waals surface area contributed by atoms with Crippen LogP contribution in [0.4, 0.5) is 0 Å². The van der Waals surface area contributed by atoms with Gasteiger partial charge in [0.1, 0.15) is 0 Å². The first kappa shape index (κ1) is 11.5. The SMILES string of the molecule is C=C(O)CCC1CC(OC)OC1OC. The summed E-state index contributed by atoms with van der Waals surface area (Å²) in [6.07, 6.45) is 1.80. The topological polar surface area (TPSA) is 47.9 Å². The summed E-state index contributed by atoms with van der Waals surface area (Å²) in [4.78, 5) is 0. The summed E-state index contributed by atoms with van der Waals surface area (Å²) in [6, 6.07) is 0. The molecule has 0 radical (unpaired) electrons. The van der Waals surface area contributed by atoms with Gasteiger partial charge in [0.25, 0.3) is 0 Å². The van der Waals surface area contributed by atoms with Crippen molar-refractivity contribution in [2.45, 2.75) is 31.8 Å². The van der Waals surface area contributed by atoms with Gasteiger partial charge >= 0.3 is 0 Å². The van der Waals surface area contributed by atoms with Crippen LogP contribution in [0.3, 0.4) is 0 Å². The van der Waals surface area contributed by atoms with Crippen LogP contribution in [0.5, 0.6) is 0 Å². The van der Waals surface area contributed by atoms with Gasteiger partial charge in [-0.3, -0.25) is 0 Å². The van der Waals surface area contributed by atoms with E-state index in [4.69, 9.17) is 19.3 Å². The quantitative estimate of drug-likeness (QED) is 0.691.